The molecule has 8 heteroatoms. The van der Waals surface area contributed by atoms with Crippen LogP contribution in [-0.2, 0) is 9.59 Å². The summed E-state index contributed by atoms with van der Waals surface area (Å²) in [6.07, 6.45) is 0. The maximum Gasteiger partial charge on any atom is 0.295 e. The predicted molar refractivity (Wildman–Crippen MR) is 120 cm³/mol. The van der Waals surface area contributed by atoms with Gasteiger partial charge < -0.3 is 29.1 Å². The summed E-state index contributed by atoms with van der Waals surface area (Å²) in [6.45, 7) is 0.826. The van der Waals surface area contributed by atoms with Crippen molar-refractivity contribution in [1.82, 2.24) is 9.80 Å². The molecule has 1 aliphatic rings. The first-order chi connectivity index (χ1) is 15.3. The summed E-state index contributed by atoms with van der Waals surface area (Å²) in [5, 5.41) is 11.2. The lowest BCUT2D eigenvalue weighted by molar-refractivity contribution is -0.140. The molecule has 1 amide bonds. The molecule has 170 valence electrons. The number of nitrogens with zero attached hydrogens (tertiary/aromatic N) is 2. The number of carbonyl (C=O) groups excluding carboxylic acids is 2. The summed E-state index contributed by atoms with van der Waals surface area (Å²) < 4.78 is 16.2. The monoisotopic (exact) mass is 440 g/mol. The number of aliphatic hydroxyl groups is 1. The highest BCUT2D eigenvalue weighted by molar-refractivity contribution is 6.46. The molecule has 0 spiro atoms. The van der Waals surface area contributed by atoms with E-state index >= 15 is 0 Å². The molecule has 3 rings (SSSR count). The Bertz CT molecular complexity index is 1050. The Morgan fingerprint density at radius 3 is 2.38 bits per heavy atom. The summed E-state index contributed by atoms with van der Waals surface area (Å²) >= 11 is 0. The molecule has 0 aromatic heterocycles. The van der Waals surface area contributed by atoms with Crippen LogP contribution in [0.2, 0.25) is 0 Å². The van der Waals surface area contributed by atoms with Crippen LogP contribution in [0.15, 0.2) is 48.0 Å². The van der Waals surface area contributed by atoms with Crippen LogP contribution in [0.3, 0.4) is 0 Å². The van der Waals surface area contributed by atoms with E-state index < -0.39 is 17.7 Å². The largest absolute Gasteiger partial charge is 0.507 e. The fourth-order valence-electron chi connectivity index (χ4n) is 3.79. The summed E-state index contributed by atoms with van der Waals surface area (Å²) in [6, 6.07) is 11.1. The minimum absolute atomic E-state index is 0.00596. The zero-order chi connectivity index (χ0) is 23.4. The van der Waals surface area contributed by atoms with Crippen LogP contribution in [0.4, 0.5) is 0 Å². The van der Waals surface area contributed by atoms with Crippen LogP contribution in [0.25, 0.3) is 5.76 Å². The molecule has 1 fully saturated rings. The lowest BCUT2D eigenvalue weighted by atomic mass is 9.94. The van der Waals surface area contributed by atoms with Crippen LogP contribution in [0.1, 0.15) is 17.2 Å². The highest BCUT2D eigenvalue weighted by Gasteiger charge is 2.47. The number of hydrogen-bond donors (Lipinski definition) is 1. The van der Waals surface area contributed by atoms with Gasteiger partial charge >= 0.3 is 0 Å². The van der Waals surface area contributed by atoms with E-state index in [9.17, 15) is 14.7 Å². The van der Waals surface area contributed by atoms with Crippen molar-refractivity contribution < 1.29 is 28.9 Å². The van der Waals surface area contributed by atoms with Crippen LogP contribution in [-0.4, -0.2) is 75.1 Å². The molecule has 0 radical (unpaired) electrons. The summed E-state index contributed by atoms with van der Waals surface area (Å²) in [5.74, 6) is -0.320. The molecule has 1 heterocycles. The van der Waals surface area contributed by atoms with Gasteiger partial charge in [-0.3, -0.25) is 9.59 Å². The quantitative estimate of drug-likeness (QED) is 0.384. The minimum Gasteiger partial charge on any atom is -0.507 e. The first kappa shape index (κ1) is 23.1. The number of Topliss-reactive ketones (excluding diaryl/α,β-unsaturated/α-hetero) is 1. The second-order valence-corrected chi connectivity index (χ2v) is 7.61. The maximum atomic E-state index is 13.1. The first-order valence-electron chi connectivity index (χ1n) is 10.1. The Morgan fingerprint density at radius 1 is 1.03 bits per heavy atom. The number of rotatable bonds is 8. The predicted octanol–water partition coefficient (Wildman–Crippen LogP) is 2.70. The molecule has 1 aliphatic heterocycles. The Balaban J connectivity index is 2.25. The average molecular weight is 440 g/mol. The molecule has 2 aromatic rings. The zero-order valence-corrected chi connectivity index (χ0v) is 18.9. The topological polar surface area (TPSA) is 88.5 Å². The van der Waals surface area contributed by atoms with Crippen molar-refractivity contribution in [2.45, 2.75) is 6.04 Å². The van der Waals surface area contributed by atoms with Gasteiger partial charge in [0.25, 0.3) is 11.7 Å². The molecule has 0 saturated carbocycles. The van der Waals surface area contributed by atoms with E-state index in [1.165, 1.54) is 26.2 Å². The lowest BCUT2D eigenvalue weighted by Gasteiger charge is -2.28. The number of hydrogen-bond acceptors (Lipinski definition) is 7. The lowest BCUT2D eigenvalue weighted by Crippen LogP contribution is -2.35. The molecule has 32 heavy (non-hydrogen) atoms. The summed E-state index contributed by atoms with van der Waals surface area (Å²) in [5.41, 5.74) is 0.921. The van der Waals surface area contributed by atoms with E-state index in [0.717, 1.165) is 0 Å². The van der Waals surface area contributed by atoms with E-state index in [-0.39, 0.29) is 17.9 Å². The van der Waals surface area contributed by atoms with Crippen LogP contribution < -0.4 is 14.2 Å². The Morgan fingerprint density at radius 2 is 1.75 bits per heavy atom. The molecule has 1 N–H and O–H groups in total. The van der Waals surface area contributed by atoms with Gasteiger partial charge in [-0.2, -0.15) is 0 Å². The summed E-state index contributed by atoms with van der Waals surface area (Å²) in [7, 11) is 8.29. The molecule has 0 bridgehead atoms. The Kier molecular flexibility index (Phi) is 7.05. The van der Waals surface area contributed by atoms with Gasteiger partial charge in [-0.1, -0.05) is 24.3 Å². The van der Waals surface area contributed by atoms with Crippen molar-refractivity contribution in [3.63, 3.8) is 0 Å². The van der Waals surface area contributed by atoms with Gasteiger partial charge in [0.15, 0.2) is 11.5 Å². The minimum atomic E-state index is -0.841. The van der Waals surface area contributed by atoms with Crippen molar-refractivity contribution >= 4 is 17.4 Å². The van der Waals surface area contributed by atoms with Gasteiger partial charge in [0, 0.05) is 24.2 Å². The number of likely N-dealkylation sites (N-methyl/N-ethyl adjacent to an activating group) is 1. The van der Waals surface area contributed by atoms with Gasteiger partial charge in [0.2, 0.25) is 0 Å². The van der Waals surface area contributed by atoms with E-state index in [2.05, 4.69) is 0 Å². The number of ketones is 1. The number of ether oxygens (including phenoxy) is 3. The van der Waals surface area contributed by atoms with E-state index in [1.807, 2.05) is 19.0 Å². The van der Waals surface area contributed by atoms with E-state index in [1.54, 1.807) is 42.5 Å². The molecule has 0 aliphatic carbocycles. The smallest absolute Gasteiger partial charge is 0.295 e. The van der Waals surface area contributed by atoms with E-state index in [4.69, 9.17) is 14.2 Å². The van der Waals surface area contributed by atoms with Crippen LogP contribution in [0, 0.1) is 0 Å². The fourth-order valence-corrected chi connectivity index (χ4v) is 3.79. The Hall–Kier alpha value is -3.52. The second kappa shape index (κ2) is 9.74. The number of para-hydroxylation sites is 1. The number of likely N-dealkylation sites (tertiary alicyclic amines) is 1. The van der Waals surface area contributed by atoms with Gasteiger partial charge in [-0.15, -0.1) is 0 Å². The molecule has 1 saturated heterocycles. The fraction of sp³-hybridized carbons (Fsp3) is 0.333. The number of carbonyl (C=O) groups is 2. The van der Waals surface area contributed by atoms with Crippen LogP contribution in [0.5, 0.6) is 17.2 Å². The molecule has 8 nitrogen and oxygen atoms in total. The standard InChI is InChI=1S/C24H28N2O6/c1-25(2)12-13-26-20(17-10-7-11-18(31-4)23(17)32-5)19(22(28)24(26)29)21(27)15-8-6-9-16(14-15)30-3/h6-11,14,20,27H,12-13H2,1-5H3/t20-/m1/s1. The Labute approximate surface area is 187 Å². The molecular weight excluding hydrogens is 412 g/mol. The molecule has 1 atom stereocenters. The highest BCUT2D eigenvalue weighted by Crippen LogP contribution is 2.45. The molecule has 0 unspecified atom stereocenters. The number of amides is 1. The zero-order valence-electron chi connectivity index (χ0n) is 18.9. The van der Waals surface area contributed by atoms with Gasteiger partial charge in [-0.05, 0) is 32.3 Å². The maximum absolute atomic E-state index is 13.1. The highest BCUT2D eigenvalue weighted by atomic mass is 16.5. The van der Waals surface area contributed by atoms with Crippen molar-refractivity contribution in [1.29, 1.82) is 0 Å². The van der Waals surface area contributed by atoms with Crippen molar-refractivity contribution in [2.24, 2.45) is 0 Å². The van der Waals surface area contributed by atoms with Crippen molar-refractivity contribution in [3.8, 4) is 17.2 Å². The molecular formula is C24H28N2O6. The SMILES string of the molecule is COc1cccc(C(O)=C2C(=O)C(=O)N(CCN(C)C)[C@@H]2c2cccc(OC)c2OC)c1. The normalized spacial score (nSPS) is 17.7. The average Bonchev–Trinajstić information content (AvgIpc) is 3.06. The number of benzene rings is 2. The second-order valence-electron chi connectivity index (χ2n) is 7.61. The van der Waals surface area contributed by atoms with Crippen LogP contribution >= 0.6 is 0 Å². The number of methoxy groups -OCH3 is 3. The van der Waals surface area contributed by atoms with Gasteiger partial charge in [0.1, 0.15) is 11.5 Å². The number of aliphatic hydroxyl groups excluding tert-OH is 1. The first-order valence-corrected chi connectivity index (χ1v) is 10.1. The van der Waals surface area contributed by atoms with Crippen molar-refractivity contribution in [3.05, 3.63) is 59.2 Å². The third kappa shape index (κ3) is 4.27. The van der Waals surface area contributed by atoms with Gasteiger partial charge in [-0.25, -0.2) is 0 Å². The third-order valence-electron chi connectivity index (χ3n) is 5.40. The van der Waals surface area contributed by atoms with Crippen molar-refractivity contribution in [2.75, 3.05) is 48.5 Å². The van der Waals surface area contributed by atoms with Gasteiger partial charge in [0.05, 0.1) is 32.9 Å². The molecule has 2 aromatic carbocycles. The van der Waals surface area contributed by atoms with E-state index in [0.29, 0.717) is 34.9 Å². The summed E-state index contributed by atoms with van der Waals surface area (Å²) in [4.78, 5) is 29.6. The third-order valence-corrected chi connectivity index (χ3v) is 5.40.